The Labute approximate surface area is 109 Å². The Hall–Kier alpha value is -1.26. The highest BCUT2D eigenvalue weighted by Crippen LogP contribution is 2.31. The van der Waals surface area contributed by atoms with Gasteiger partial charge in [-0.2, -0.15) is 0 Å². The summed E-state index contributed by atoms with van der Waals surface area (Å²) in [6.07, 6.45) is 2.19. The number of benzene rings is 1. The van der Waals surface area contributed by atoms with Crippen LogP contribution in [-0.2, 0) is 4.74 Å². The fraction of sp³-hybridized carbons (Fsp3) is 0.357. The lowest BCUT2D eigenvalue weighted by Gasteiger charge is -2.20. The van der Waals surface area contributed by atoms with E-state index < -0.39 is 0 Å². The van der Waals surface area contributed by atoms with Crippen LogP contribution >= 0.6 is 11.3 Å². The van der Waals surface area contributed by atoms with Crippen molar-refractivity contribution in [2.45, 2.75) is 18.8 Å². The molecule has 0 amide bonds. The molecule has 2 heterocycles. The molecule has 0 bridgehead atoms. The van der Waals surface area contributed by atoms with E-state index in [1.165, 1.54) is 17.4 Å². The van der Waals surface area contributed by atoms with Crippen LogP contribution in [0.25, 0.3) is 10.6 Å². The molecule has 94 valence electrons. The van der Waals surface area contributed by atoms with Crippen LogP contribution < -0.4 is 0 Å². The molecule has 0 spiro atoms. The first-order valence-corrected chi connectivity index (χ1v) is 7.00. The van der Waals surface area contributed by atoms with Crippen LogP contribution in [0.4, 0.5) is 4.39 Å². The third-order valence-electron chi connectivity index (χ3n) is 3.20. The van der Waals surface area contributed by atoms with Crippen LogP contribution in [0.5, 0.6) is 0 Å². The number of rotatable bonds is 2. The van der Waals surface area contributed by atoms with Gasteiger partial charge in [-0.05, 0) is 25.0 Å². The van der Waals surface area contributed by atoms with E-state index in [0.29, 0.717) is 11.5 Å². The molecule has 1 aromatic carbocycles. The van der Waals surface area contributed by atoms with E-state index in [1.807, 2.05) is 11.4 Å². The molecule has 1 atom stereocenters. The average molecular weight is 263 g/mol. The molecule has 1 aromatic heterocycles. The Kier molecular flexibility index (Phi) is 3.39. The van der Waals surface area contributed by atoms with E-state index in [4.69, 9.17) is 4.74 Å². The summed E-state index contributed by atoms with van der Waals surface area (Å²) in [7, 11) is 0. The van der Waals surface area contributed by atoms with Gasteiger partial charge in [0.25, 0.3) is 0 Å². The Balaban J connectivity index is 1.87. The molecule has 0 N–H and O–H groups in total. The lowest BCUT2D eigenvalue weighted by atomic mass is 10.00. The van der Waals surface area contributed by atoms with Crippen molar-refractivity contribution >= 4 is 11.3 Å². The lowest BCUT2D eigenvalue weighted by molar-refractivity contribution is 0.0795. The molecule has 2 nitrogen and oxygen atoms in total. The highest BCUT2D eigenvalue weighted by molar-refractivity contribution is 7.13. The van der Waals surface area contributed by atoms with Crippen LogP contribution in [-0.4, -0.2) is 18.2 Å². The standard InChI is InChI=1S/C14H14FNOS/c15-12-6-2-1-5-11(12)14-16-13(9-18-14)10-4-3-7-17-8-10/h1-2,5-6,9-10H,3-4,7-8H2. The molecular formula is C14H14FNOS. The zero-order chi connectivity index (χ0) is 12.4. The number of ether oxygens (including phenoxy) is 1. The number of hydrogen-bond acceptors (Lipinski definition) is 3. The van der Waals surface area contributed by atoms with E-state index >= 15 is 0 Å². The smallest absolute Gasteiger partial charge is 0.133 e. The van der Waals surface area contributed by atoms with E-state index in [1.54, 1.807) is 12.1 Å². The maximum atomic E-state index is 13.7. The van der Waals surface area contributed by atoms with E-state index in [0.717, 1.165) is 36.8 Å². The maximum Gasteiger partial charge on any atom is 0.133 e. The van der Waals surface area contributed by atoms with Crippen molar-refractivity contribution in [3.8, 4) is 10.6 Å². The van der Waals surface area contributed by atoms with E-state index in [9.17, 15) is 4.39 Å². The summed E-state index contributed by atoms with van der Waals surface area (Å²) in [6.45, 7) is 1.58. The van der Waals surface area contributed by atoms with Gasteiger partial charge in [0.05, 0.1) is 12.3 Å². The molecule has 0 saturated carbocycles. The number of nitrogens with zero attached hydrogens (tertiary/aromatic N) is 1. The summed E-state index contributed by atoms with van der Waals surface area (Å²) in [6, 6.07) is 6.78. The Morgan fingerprint density at radius 3 is 3.00 bits per heavy atom. The second-order valence-electron chi connectivity index (χ2n) is 4.47. The molecule has 1 fully saturated rings. The van der Waals surface area contributed by atoms with Crippen molar-refractivity contribution in [2.75, 3.05) is 13.2 Å². The molecule has 1 aliphatic rings. The predicted octanol–water partition coefficient (Wildman–Crippen LogP) is 3.84. The average Bonchev–Trinajstić information content (AvgIpc) is 2.90. The topological polar surface area (TPSA) is 22.1 Å². The van der Waals surface area contributed by atoms with Crippen LogP contribution in [0, 0.1) is 5.82 Å². The van der Waals surface area contributed by atoms with Crippen molar-refractivity contribution in [2.24, 2.45) is 0 Å². The zero-order valence-electron chi connectivity index (χ0n) is 9.93. The summed E-state index contributed by atoms with van der Waals surface area (Å²) < 4.78 is 19.1. The Bertz CT molecular complexity index is 534. The quantitative estimate of drug-likeness (QED) is 0.821. The minimum absolute atomic E-state index is 0.210. The molecule has 2 aromatic rings. The van der Waals surface area contributed by atoms with E-state index in [-0.39, 0.29) is 5.82 Å². The molecule has 0 aliphatic carbocycles. The third-order valence-corrected chi connectivity index (χ3v) is 4.10. The Morgan fingerprint density at radius 2 is 2.22 bits per heavy atom. The summed E-state index contributed by atoms with van der Waals surface area (Å²) in [5.41, 5.74) is 1.63. The van der Waals surface area contributed by atoms with Gasteiger partial charge in [0.1, 0.15) is 10.8 Å². The first-order chi connectivity index (χ1) is 8.84. The summed E-state index contributed by atoms with van der Waals surface area (Å²) >= 11 is 1.50. The minimum Gasteiger partial charge on any atom is -0.381 e. The van der Waals surface area contributed by atoms with Gasteiger partial charge in [-0.25, -0.2) is 9.37 Å². The molecule has 0 radical (unpaired) electrons. The van der Waals surface area contributed by atoms with Gasteiger partial charge < -0.3 is 4.74 Å². The first kappa shape index (κ1) is 11.8. The minimum atomic E-state index is -0.210. The van der Waals surface area contributed by atoms with Crippen LogP contribution in [0.15, 0.2) is 29.6 Å². The van der Waals surface area contributed by atoms with Crippen molar-refractivity contribution in [3.63, 3.8) is 0 Å². The molecule has 4 heteroatoms. The SMILES string of the molecule is Fc1ccccc1-c1nc(C2CCCOC2)cs1. The molecule has 3 rings (SSSR count). The molecular weight excluding hydrogens is 249 g/mol. The van der Waals surface area contributed by atoms with Crippen molar-refractivity contribution in [3.05, 3.63) is 41.2 Å². The van der Waals surface area contributed by atoms with Gasteiger partial charge >= 0.3 is 0 Å². The lowest BCUT2D eigenvalue weighted by Crippen LogP contribution is -2.15. The second-order valence-corrected chi connectivity index (χ2v) is 5.33. The van der Waals surface area contributed by atoms with Gasteiger partial charge in [-0.15, -0.1) is 11.3 Å². The number of thiazole rings is 1. The summed E-state index contributed by atoms with van der Waals surface area (Å²) in [5, 5.41) is 2.79. The second kappa shape index (κ2) is 5.16. The van der Waals surface area contributed by atoms with Gasteiger partial charge in [0.15, 0.2) is 0 Å². The van der Waals surface area contributed by atoms with Gasteiger partial charge in [0, 0.05) is 23.5 Å². The zero-order valence-corrected chi connectivity index (χ0v) is 10.8. The normalized spacial score (nSPS) is 19.9. The van der Waals surface area contributed by atoms with E-state index in [2.05, 4.69) is 4.98 Å². The number of halogens is 1. The maximum absolute atomic E-state index is 13.7. The van der Waals surface area contributed by atoms with Crippen molar-refractivity contribution in [1.82, 2.24) is 4.98 Å². The summed E-state index contributed by atoms with van der Waals surface area (Å²) in [5.74, 6) is 0.161. The largest absolute Gasteiger partial charge is 0.381 e. The fourth-order valence-corrected chi connectivity index (χ4v) is 3.13. The molecule has 1 saturated heterocycles. The third kappa shape index (κ3) is 2.31. The van der Waals surface area contributed by atoms with Crippen LogP contribution in [0.1, 0.15) is 24.5 Å². The van der Waals surface area contributed by atoms with Gasteiger partial charge in [-0.1, -0.05) is 12.1 Å². The van der Waals surface area contributed by atoms with Crippen molar-refractivity contribution in [1.29, 1.82) is 0 Å². The van der Waals surface area contributed by atoms with Crippen LogP contribution in [0.2, 0.25) is 0 Å². The highest BCUT2D eigenvalue weighted by Gasteiger charge is 2.19. The first-order valence-electron chi connectivity index (χ1n) is 6.12. The molecule has 18 heavy (non-hydrogen) atoms. The highest BCUT2D eigenvalue weighted by atomic mass is 32.1. The van der Waals surface area contributed by atoms with Crippen molar-refractivity contribution < 1.29 is 9.13 Å². The molecule has 1 aliphatic heterocycles. The number of aromatic nitrogens is 1. The number of hydrogen-bond donors (Lipinski definition) is 0. The predicted molar refractivity (Wildman–Crippen MR) is 70.3 cm³/mol. The monoisotopic (exact) mass is 263 g/mol. The summed E-state index contributed by atoms with van der Waals surface area (Å²) in [4.78, 5) is 4.56. The molecule has 1 unspecified atom stereocenters. The Morgan fingerprint density at radius 1 is 1.33 bits per heavy atom. The van der Waals surface area contributed by atoms with Crippen LogP contribution in [0.3, 0.4) is 0 Å². The fourth-order valence-electron chi connectivity index (χ4n) is 2.21. The van der Waals surface area contributed by atoms with Gasteiger partial charge in [-0.3, -0.25) is 0 Å². The van der Waals surface area contributed by atoms with Gasteiger partial charge in [0.2, 0.25) is 0 Å².